The van der Waals surface area contributed by atoms with Crippen molar-refractivity contribution in [2.24, 2.45) is 7.05 Å². The van der Waals surface area contributed by atoms with Crippen molar-refractivity contribution in [2.45, 2.75) is 57.6 Å². The van der Waals surface area contributed by atoms with Gasteiger partial charge in [0.25, 0.3) is 0 Å². The van der Waals surface area contributed by atoms with Gasteiger partial charge in [-0.15, -0.1) is 11.6 Å². The molecule has 3 unspecified atom stereocenters. The van der Waals surface area contributed by atoms with E-state index in [2.05, 4.69) is 30.4 Å². The van der Waals surface area contributed by atoms with Crippen molar-refractivity contribution in [1.29, 1.82) is 0 Å². The SMILES string of the molecule is CCc1nn(C)c2c1nc(C(C)Cl)n2C1(C)CCOC1C. The summed E-state index contributed by atoms with van der Waals surface area (Å²) in [7, 11) is 1.98. The third kappa shape index (κ3) is 2.01. The van der Waals surface area contributed by atoms with Gasteiger partial charge in [0.05, 0.1) is 22.7 Å². The zero-order valence-corrected chi connectivity index (χ0v) is 14.1. The first-order valence-electron chi connectivity index (χ1n) is 7.60. The lowest BCUT2D eigenvalue weighted by Gasteiger charge is -2.32. The molecule has 0 amide bonds. The minimum absolute atomic E-state index is 0.129. The number of hydrogen-bond donors (Lipinski definition) is 0. The van der Waals surface area contributed by atoms with E-state index in [-0.39, 0.29) is 17.0 Å². The van der Waals surface area contributed by atoms with Crippen LogP contribution in [0.25, 0.3) is 11.2 Å². The Hall–Kier alpha value is -1.07. The van der Waals surface area contributed by atoms with Crippen LogP contribution >= 0.6 is 11.6 Å². The van der Waals surface area contributed by atoms with Crippen LogP contribution in [0.3, 0.4) is 0 Å². The Morgan fingerprint density at radius 1 is 1.52 bits per heavy atom. The Kier molecular flexibility index (Phi) is 3.53. The molecular weight excluding hydrogens is 288 g/mol. The molecule has 0 bridgehead atoms. The van der Waals surface area contributed by atoms with Gasteiger partial charge in [-0.25, -0.2) is 4.98 Å². The Labute approximate surface area is 130 Å². The number of rotatable bonds is 3. The molecular formula is C15H23ClN4O. The van der Waals surface area contributed by atoms with Gasteiger partial charge in [-0.05, 0) is 33.6 Å². The van der Waals surface area contributed by atoms with Crippen LogP contribution in [0.5, 0.6) is 0 Å². The smallest absolute Gasteiger partial charge is 0.159 e. The lowest BCUT2D eigenvalue weighted by atomic mass is 9.94. The van der Waals surface area contributed by atoms with Crippen LogP contribution in [0.15, 0.2) is 0 Å². The van der Waals surface area contributed by atoms with E-state index in [0.717, 1.165) is 42.1 Å². The van der Waals surface area contributed by atoms with Gasteiger partial charge < -0.3 is 9.30 Å². The van der Waals surface area contributed by atoms with Gasteiger partial charge in [-0.3, -0.25) is 4.68 Å². The average Bonchev–Trinajstić information content (AvgIpc) is 3.06. The molecule has 0 radical (unpaired) electrons. The summed E-state index contributed by atoms with van der Waals surface area (Å²) in [6.07, 6.45) is 1.96. The lowest BCUT2D eigenvalue weighted by Crippen LogP contribution is -2.38. The van der Waals surface area contributed by atoms with E-state index in [0.29, 0.717) is 0 Å². The van der Waals surface area contributed by atoms with Crippen molar-refractivity contribution in [3.05, 3.63) is 11.5 Å². The minimum atomic E-state index is -0.147. The van der Waals surface area contributed by atoms with Crippen molar-refractivity contribution in [2.75, 3.05) is 6.61 Å². The highest BCUT2D eigenvalue weighted by Crippen LogP contribution is 2.39. The Morgan fingerprint density at radius 3 is 2.76 bits per heavy atom. The summed E-state index contributed by atoms with van der Waals surface area (Å²) >= 11 is 6.42. The van der Waals surface area contributed by atoms with E-state index in [4.69, 9.17) is 21.3 Å². The number of halogens is 1. The van der Waals surface area contributed by atoms with Crippen LogP contribution in [0.1, 0.15) is 51.0 Å². The number of aryl methyl sites for hydroxylation is 2. The molecule has 3 rings (SSSR count). The normalized spacial score (nSPS) is 27.6. The van der Waals surface area contributed by atoms with E-state index >= 15 is 0 Å². The number of hydrogen-bond acceptors (Lipinski definition) is 3. The van der Waals surface area contributed by atoms with Crippen molar-refractivity contribution < 1.29 is 4.74 Å². The minimum Gasteiger partial charge on any atom is -0.376 e. The second-order valence-corrected chi connectivity index (χ2v) is 6.79. The summed E-state index contributed by atoms with van der Waals surface area (Å²) in [5.74, 6) is 0.911. The average molecular weight is 311 g/mol. The molecule has 0 aliphatic carbocycles. The van der Waals surface area contributed by atoms with Crippen LogP contribution in [-0.2, 0) is 23.7 Å². The molecule has 1 aliphatic rings. The molecule has 2 aromatic rings. The molecule has 3 heterocycles. The molecule has 116 valence electrons. The molecule has 1 fully saturated rings. The van der Waals surface area contributed by atoms with Crippen molar-refractivity contribution in [3.8, 4) is 0 Å². The molecule has 6 heteroatoms. The summed E-state index contributed by atoms with van der Waals surface area (Å²) < 4.78 is 10.0. The first-order valence-corrected chi connectivity index (χ1v) is 8.04. The van der Waals surface area contributed by atoms with Crippen LogP contribution < -0.4 is 0 Å². The summed E-state index contributed by atoms with van der Waals surface area (Å²) in [5.41, 5.74) is 2.92. The highest BCUT2D eigenvalue weighted by atomic mass is 35.5. The third-order valence-electron chi connectivity index (χ3n) is 4.78. The molecule has 1 aliphatic heterocycles. The molecule has 5 nitrogen and oxygen atoms in total. The van der Waals surface area contributed by atoms with Crippen LogP contribution in [0, 0.1) is 0 Å². The highest BCUT2D eigenvalue weighted by molar-refractivity contribution is 6.20. The maximum Gasteiger partial charge on any atom is 0.159 e. The van der Waals surface area contributed by atoms with Gasteiger partial charge >= 0.3 is 0 Å². The zero-order valence-electron chi connectivity index (χ0n) is 13.4. The predicted molar refractivity (Wildman–Crippen MR) is 83.8 cm³/mol. The molecule has 2 aromatic heterocycles. The van der Waals surface area contributed by atoms with E-state index in [1.165, 1.54) is 0 Å². The van der Waals surface area contributed by atoms with Crippen molar-refractivity contribution in [3.63, 3.8) is 0 Å². The molecule has 3 atom stereocenters. The van der Waals surface area contributed by atoms with Crippen LogP contribution in [0.2, 0.25) is 0 Å². The number of ether oxygens (including phenoxy) is 1. The summed E-state index contributed by atoms with van der Waals surface area (Å²) in [4.78, 5) is 4.82. The van der Waals surface area contributed by atoms with E-state index in [1.807, 2.05) is 18.7 Å². The Morgan fingerprint density at radius 2 is 2.24 bits per heavy atom. The Bertz CT molecular complexity index is 675. The topological polar surface area (TPSA) is 44.9 Å². The van der Waals surface area contributed by atoms with Gasteiger partial charge in [0.1, 0.15) is 11.3 Å². The zero-order chi connectivity index (χ0) is 15.4. The van der Waals surface area contributed by atoms with Gasteiger partial charge in [-0.2, -0.15) is 5.10 Å². The molecule has 0 aromatic carbocycles. The monoisotopic (exact) mass is 310 g/mol. The number of alkyl halides is 1. The fourth-order valence-corrected chi connectivity index (χ4v) is 3.47. The largest absolute Gasteiger partial charge is 0.376 e. The number of fused-ring (bicyclic) bond motifs is 1. The second kappa shape index (κ2) is 4.99. The quantitative estimate of drug-likeness (QED) is 0.818. The van der Waals surface area contributed by atoms with Gasteiger partial charge in [0, 0.05) is 13.7 Å². The fourth-order valence-electron chi connectivity index (χ4n) is 3.32. The number of aromatic nitrogens is 4. The Balaban J connectivity index is 2.33. The van der Waals surface area contributed by atoms with Crippen molar-refractivity contribution in [1.82, 2.24) is 19.3 Å². The molecule has 21 heavy (non-hydrogen) atoms. The van der Waals surface area contributed by atoms with E-state index < -0.39 is 0 Å². The summed E-state index contributed by atoms with van der Waals surface area (Å²) in [5, 5.41) is 4.46. The summed E-state index contributed by atoms with van der Waals surface area (Å²) in [6.45, 7) is 9.20. The molecule has 1 saturated heterocycles. The number of nitrogens with zero attached hydrogens (tertiary/aromatic N) is 4. The first kappa shape index (κ1) is 14.9. The maximum absolute atomic E-state index is 6.42. The first-order chi connectivity index (χ1) is 9.90. The van der Waals surface area contributed by atoms with Gasteiger partial charge in [0.15, 0.2) is 5.65 Å². The van der Waals surface area contributed by atoms with Gasteiger partial charge in [0.2, 0.25) is 0 Å². The summed E-state index contributed by atoms with van der Waals surface area (Å²) in [6, 6.07) is 0. The standard InChI is InChI=1S/C15H23ClN4O/c1-6-11-12-14(19(5)18-11)20(13(17-12)9(2)16)15(4)7-8-21-10(15)3/h9-10H,6-8H2,1-5H3. The maximum atomic E-state index is 6.42. The third-order valence-corrected chi connectivity index (χ3v) is 4.98. The number of imidazole rings is 1. The lowest BCUT2D eigenvalue weighted by molar-refractivity contribution is 0.0759. The fraction of sp³-hybridized carbons (Fsp3) is 0.733. The molecule has 0 saturated carbocycles. The van der Waals surface area contributed by atoms with Gasteiger partial charge in [-0.1, -0.05) is 6.92 Å². The van der Waals surface area contributed by atoms with Crippen LogP contribution in [-0.4, -0.2) is 32.0 Å². The van der Waals surface area contributed by atoms with Crippen molar-refractivity contribution >= 4 is 22.8 Å². The predicted octanol–water partition coefficient (Wildman–Crippen LogP) is 3.16. The van der Waals surface area contributed by atoms with E-state index in [1.54, 1.807) is 0 Å². The highest BCUT2D eigenvalue weighted by Gasteiger charge is 2.42. The van der Waals surface area contributed by atoms with E-state index in [9.17, 15) is 0 Å². The van der Waals surface area contributed by atoms with Crippen LogP contribution in [0.4, 0.5) is 0 Å². The second-order valence-electron chi connectivity index (χ2n) is 6.14. The molecule has 0 N–H and O–H groups in total. The molecule has 0 spiro atoms.